The number of hydrogen-bond donors (Lipinski definition) is 1. The van der Waals surface area contributed by atoms with Gasteiger partial charge in [0.2, 0.25) is 11.9 Å². The summed E-state index contributed by atoms with van der Waals surface area (Å²) in [5, 5.41) is 11.3. The number of aliphatic hydroxyl groups is 1. The molecule has 3 heterocycles. The number of nitrogens with zero attached hydrogens (tertiary/aromatic N) is 2. The summed E-state index contributed by atoms with van der Waals surface area (Å²) in [5.74, 6) is -0.813. The van der Waals surface area contributed by atoms with Crippen LogP contribution in [0.25, 0.3) is 0 Å². The Labute approximate surface area is 161 Å². The van der Waals surface area contributed by atoms with Gasteiger partial charge in [-0.25, -0.2) is 4.98 Å². The van der Waals surface area contributed by atoms with Gasteiger partial charge in [-0.15, -0.1) is 0 Å². The van der Waals surface area contributed by atoms with E-state index in [0.717, 1.165) is 5.56 Å². The minimum atomic E-state index is -1.42. The molecule has 142 valence electrons. The fraction of sp³-hybridized carbons (Fsp3) is 0.400. The largest absolute Gasteiger partial charge is 0.381 e. The fourth-order valence-electron chi connectivity index (χ4n) is 4.10. The van der Waals surface area contributed by atoms with Crippen molar-refractivity contribution < 1.29 is 19.0 Å². The van der Waals surface area contributed by atoms with Gasteiger partial charge in [-0.3, -0.25) is 4.79 Å². The zero-order valence-electron chi connectivity index (χ0n) is 14.7. The van der Waals surface area contributed by atoms with Gasteiger partial charge in [-0.05, 0) is 36.6 Å². The third-order valence-electron chi connectivity index (χ3n) is 5.60. The number of β-amino-alcohol motifs (C(OH)–C–C–N with tert-alkyl or cyclic N) is 1. The summed E-state index contributed by atoms with van der Waals surface area (Å²) in [5.41, 5.74) is -1.30. The van der Waals surface area contributed by atoms with Crippen molar-refractivity contribution in [1.82, 2.24) is 9.88 Å². The Hall–Kier alpha value is -2.02. The second kappa shape index (κ2) is 6.86. The molecule has 4 rings (SSSR count). The number of carbonyl (C=O) groups is 1. The normalized spacial score (nSPS) is 20.8. The maximum atomic E-state index is 14.0. The van der Waals surface area contributed by atoms with Crippen LogP contribution in [0.5, 0.6) is 0 Å². The van der Waals surface area contributed by atoms with Crippen molar-refractivity contribution in [3.05, 3.63) is 64.7 Å². The molecule has 2 aliphatic rings. The first-order valence-corrected chi connectivity index (χ1v) is 9.30. The van der Waals surface area contributed by atoms with Crippen LogP contribution in [0.4, 0.5) is 4.39 Å². The number of amides is 1. The predicted molar refractivity (Wildman–Crippen MR) is 97.9 cm³/mol. The summed E-state index contributed by atoms with van der Waals surface area (Å²) in [6.45, 7) is 0.988. The van der Waals surface area contributed by atoms with E-state index < -0.39 is 17.0 Å². The highest BCUT2D eigenvalue weighted by Gasteiger charge is 2.53. The minimum Gasteiger partial charge on any atom is -0.381 e. The first kappa shape index (κ1) is 18.3. The number of carbonyl (C=O) groups excluding carboxylic acids is 1. The first-order chi connectivity index (χ1) is 13.0. The smallest absolute Gasteiger partial charge is 0.233 e. The predicted octanol–water partition coefficient (Wildman–Crippen LogP) is 2.65. The van der Waals surface area contributed by atoms with Crippen LogP contribution < -0.4 is 0 Å². The molecule has 7 heteroatoms. The van der Waals surface area contributed by atoms with Crippen molar-refractivity contribution in [2.24, 2.45) is 0 Å². The van der Waals surface area contributed by atoms with Crippen molar-refractivity contribution in [2.45, 2.75) is 23.9 Å². The third kappa shape index (κ3) is 3.02. The van der Waals surface area contributed by atoms with Gasteiger partial charge in [-0.2, -0.15) is 4.39 Å². The second-order valence-corrected chi connectivity index (χ2v) is 7.62. The number of likely N-dealkylation sites (tertiary alicyclic amines) is 1. The zero-order chi connectivity index (χ0) is 19.1. The van der Waals surface area contributed by atoms with Crippen LogP contribution in [0.2, 0.25) is 5.02 Å². The van der Waals surface area contributed by atoms with Crippen LogP contribution >= 0.6 is 11.6 Å². The molecule has 1 aromatic heterocycles. The van der Waals surface area contributed by atoms with Crippen LogP contribution in [-0.4, -0.2) is 47.2 Å². The molecule has 2 fully saturated rings. The van der Waals surface area contributed by atoms with Gasteiger partial charge in [0.25, 0.3) is 0 Å². The van der Waals surface area contributed by atoms with E-state index in [1.807, 2.05) is 18.2 Å². The SMILES string of the molecule is O=C(N1CC(O)(c2cccnc2F)C1)C1(c2ccccc2Cl)CCOCC1. The Balaban J connectivity index is 1.61. The fourth-order valence-corrected chi connectivity index (χ4v) is 4.42. The van der Waals surface area contributed by atoms with Gasteiger partial charge >= 0.3 is 0 Å². The average Bonchev–Trinajstić information content (AvgIpc) is 2.66. The summed E-state index contributed by atoms with van der Waals surface area (Å²) in [7, 11) is 0. The highest BCUT2D eigenvalue weighted by molar-refractivity contribution is 6.31. The minimum absolute atomic E-state index is 0.0293. The van der Waals surface area contributed by atoms with E-state index in [-0.39, 0.29) is 24.6 Å². The number of ether oxygens (including phenoxy) is 1. The summed E-state index contributed by atoms with van der Waals surface area (Å²) in [6, 6.07) is 10.4. The number of aromatic nitrogens is 1. The lowest BCUT2D eigenvalue weighted by molar-refractivity contribution is -0.167. The molecule has 0 spiro atoms. The standard InChI is InChI=1S/C20H20ClFN2O3/c21-16-6-2-1-4-14(16)19(7-10-27-11-8-19)18(25)24-12-20(26,13-24)15-5-3-9-23-17(15)22/h1-6,9,26H,7-8,10-13H2. The summed E-state index contributed by atoms with van der Waals surface area (Å²) < 4.78 is 19.4. The van der Waals surface area contributed by atoms with Gasteiger partial charge in [0.15, 0.2) is 0 Å². The second-order valence-electron chi connectivity index (χ2n) is 7.21. The molecule has 0 unspecified atom stereocenters. The van der Waals surface area contributed by atoms with Crippen LogP contribution in [0.15, 0.2) is 42.6 Å². The van der Waals surface area contributed by atoms with Crippen molar-refractivity contribution in [2.75, 3.05) is 26.3 Å². The molecule has 5 nitrogen and oxygen atoms in total. The lowest BCUT2D eigenvalue weighted by Gasteiger charge is -2.50. The Bertz CT molecular complexity index is 864. The third-order valence-corrected chi connectivity index (χ3v) is 5.93. The maximum absolute atomic E-state index is 14.0. The lowest BCUT2D eigenvalue weighted by atomic mass is 9.71. The summed E-state index contributed by atoms with van der Waals surface area (Å²) >= 11 is 6.41. The molecular formula is C20H20ClFN2O3. The topological polar surface area (TPSA) is 62.7 Å². The number of halogens is 2. The highest BCUT2D eigenvalue weighted by atomic mass is 35.5. The lowest BCUT2D eigenvalue weighted by Crippen LogP contribution is -2.65. The van der Waals surface area contributed by atoms with Crippen molar-refractivity contribution in [3.8, 4) is 0 Å². The Morgan fingerprint density at radius 3 is 2.48 bits per heavy atom. The van der Waals surface area contributed by atoms with Crippen LogP contribution in [0.1, 0.15) is 24.0 Å². The molecule has 0 radical (unpaired) electrons. The Morgan fingerprint density at radius 2 is 1.81 bits per heavy atom. The van der Waals surface area contributed by atoms with Crippen LogP contribution in [0.3, 0.4) is 0 Å². The number of rotatable bonds is 3. The maximum Gasteiger partial charge on any atom is 0.233 e. The Kier molecular flexibility index (Phi) is 4.66. The summed E-state index contributed by atoms with van der Waals surface area (Å²) in [6.07, 6.45) is 2.37. The zero-order valence-corrected chi connectivity index (χ0v) is 15.5. The molecule has 2 aromatic rings. The molecule has 27 heavy (non-hydrogen) atoms. The van der Waals surface area contributed by atoms with E-state index in [1.54, 1.807) is 17.0 Å². The van der Waals surface area contributed by atoms with E-state index in [9.17, 15) is 14.3 Å². The molecule has 1 amide bonds. The van der Waals surface area contributed by atoms with Gasteiger partial charge in [0.1, 0.15) is 5.60 Å². The highest BCUT2D eigenvalue weighted by Crippen LogP contribution is 2.43. The van der Waals surface area contributed by atoms with E-state index in [0.29, 0.717) is 31.1 Å². The van der Waals surface area contributed by atoms with E-state index in [2.05, 4.69) is 4.98 Å². The molecular weight excluding hydrogens is 371 g/mol. The number of benzene rings is 1. The Morgan fingerprint density at radius 1 is 1.15 bits per heavy atom. The molecule has 0 bridgehead atoms. The van der Waals surface area contributed by atoms with Gasteiger partial charge in [-0.1, -0.05) is 29.8 Å². The monoisotopic (exact) mass is 390 g/mol. The van der Waals surface area contributed by atoms with Crippen molar-refractivity contribution in [1.29, 1.82) is 0 Å². The van der Waals surface area contributed by atoms with Crippen LogP contribution in [0, 0.1) is 5.95 Å². The first-order valence-electron chi connectivity index (χ1n) is 8.92. The molecule has 1 aromatic carbocycles. The molecule has 0 saturated carbocycles. The molecule has 2 saturated heterocycles. The summed E-state index contributed by atoms with van der Waals surface area (Å²) in [4.78, 5) is 18.6. The van der Waals surface area contributed by atoms with Gasteiger partial charge < -0.3 is 14.7 Å². The van der Waals surface area contributed by atoms with E-state index in [4.69, 9.17) is 16.3 Å². The van der Waals surface area contributed by atoms with Crippen LogP contribution in [-0.2, 0) is 20.5 Å². The molecule has 1 N–H and O–H groups in total. The number of pyridine rings is 1. The molecule has 0 aliphatic carbocycles. The average molecular weight is 391 g/mol. The van der Waals surface area contributed by atoms with Gasteiger partial charge in [0, 0.05) is 30.0 Å². The molecule has 2 aliphatic heterocycles. The van der Waals surface area contributed by atoms with Crippen molar-refractivity contribution in [3.63, 3.8) is 0 Å². The van der Waals surface area contributed by atoms with Crippen molar-refractivity contribution >= 4 is 17.5 Å². The quantitative estimate of drug-likeness (QED) is 0.818. The van der Waals surface area contributed by atoms with E-state index >= 15 is 0 Å². The van der Waals surface area contributed by atoms with Gasteiger partial charge in [0.05, 0.1) is 18.5 Å². The van der Waals surface area contributed by atoms with E-state index in [1.165, 1.54) is 12.3 Å². The number of hydrogen-bond acceptors (Lipinski definition) is 4. The molecule has 0 atom stereocenters.